The Kier molecular flexibility index (Phi) is 9.18. The fraction of sp³-hybridized carbons (Fsp3) is 0.375. The summed E-state index contributed by atoms with van der Waals surface area (Å²) in [6.07, 6.45) is 0.479. The quantitative estimate of drug-likeness (QED) is 0.432. The number of benzene rings is 2. The van der Waals surface area contributed by atoms with Gasteiger partial charge in [0, 0.05) is 6.42 Å². The van der Waals surface area contributed by atoms with Crippen LogP contribution in [0, 0.1) is 5.82 Å². The first kappa shape index (κ1) is 24.5. The fourth-order valence-electron chi connectivity index (χ4n) is 3.28. The number of carbonyl (C=O) groups is 1. The first-order valence-electron chi connectivity index (χ1n) is 10.1. The van der Waals surface area contributed by atoms with Crippen LogP contribution in [0.25, 0.3) is 17.2 Å². The monoisotopic (exact) mass is 432 g/mol. The molecule has 0 aliphatic rings. The van der Waals surface area contributed by atoms with E-state index < -0.39 is 24.6 Å². The Morgan fingerprint density at radius 1 is 1.16 bits per heavy atom. The third kappa shape index (κ3) is 7.47. The number of carboxylic acid groups (broad SMARTS) is 1. The van der Waals surface area contributed by atoms with Gasteiger partial charge in [-0.3, -0.25) is 4.79 Å². The van der Waals surface area contributed by atoms with Gasteiger partial charge in [-0.1, -0.05) is 38.1 Å². The second kappa shape index (κ2) is 11.6. The maximum absolute atomic E-state index is 13.5. The van der Waals surface area contributed by atoms with Gasteiger partial charge in [-0.25, -0.2) is 4.39 Å². The zero-order chi connectivity index (χ0) is 23.0. The highest BCUT2D eigenvalue weighted by Crippen LogP contribution is 2.36. The topological polar surface area (TPSA) is 107 Å². The Balaban J connectivity index is 2.47. The molecule has 0 bridgehead atoms. The van der Waals surface area contributed by atoms with Gasteiger partial charge in [-0.05, 0) is 52.4 Å². The van der Waals surface area contributed by atoms with Crippen molar-refractivity contribution >= 4 is 12.0 Å². The van der Waals surface area contributed by atoms with Crippen molar-refractivity contribution in [1.29, 1.82) is 0 Å². The molecular formula is C24H29FO6. The number of hydrogen-bond acceptors (Lipinski definition) is 5. The minimum absolute atomic E-state index is 0.0891. The summed E-state index contributed by atoms with van der Waals surface area (Å²) in [7, 11) is 0. The van der Waals surface area contributed by atoms with Crippen LogP contribution in [-0.4, -0.2) is 51.8 Å². The average Bonchev–Trinajstić information content (AvgIpc) is 2.70. The molecule has 7 heteroatoms. The minimum Gasteiger partial charge on any atom is -0.491 e. The van der Waals surface area contributed by atoms with E-state index in [1.165, 1.54) is 18.2 Å². The molecule has 0 fully saturated rings. The Labute approximate surface area is 181 Å². The van der Waals surface area contributed by atoms with Crippen molar-refractivity contribution in [2.24, 2.45) is 0 Å². The largest absolute Gasteiger partial charge is 0.491 e. The van der Waals surface area contributed by atoms with E-state index in [0.717, 1.165) is 22.3 Å². The predicted molar refractivity (Wildman–Crippen MR) is 116 cm³/mol. The summed E-state index contributed by atoms with van der Waals surface area (Å²) in [4.78, 5) is 10.7. The molecule has 4 N–H and O–H groups in total. The number of hydrogen-bond donors (Lipinski definition) is 4. The lowest BCUT2D eigenvalue weighted by molar-refractivity contribution is -0.139. The molecule has 0 radical (unpaired) electrons. The summed E-state index contributed by atoms with van der Waals surface area (Å²) in [5.74, 6) is -0.846. The van der Waals surface area contributed by atoms with E-state index >= 15 is 0 Å². The number of ether oxygens (including phenoxy) is 1. The van der Waals surface area contributed by atoms with Crippen LogP contribution >= 0.6 is 0 Å². The maximum Gasteiger partial charge on any atom is 0.305 e. The Morgan fingerprint density at radius 2 is 1.84 bits per heavy atom. The summed E-state index contributed by atoms with van der Waals surface area (Å²) in [5.41, 5.74) is 3.22. The molecule has 0 saturated heterocycles. The van der Waals surface area contributed by atoms with Crippen molar-refractivity contribution in [1.82, 2.24) is 0 Å². The lowest BCUT2D eigenvalue weighted by Gasteiger charge is -2.19. The molecule has 168 valence electrons. The summed E-state index contributed by atoms with van der Waals surface area (Å²) >= 11 is 0. The molecule has 0 heterocycles. The minimum atomic E-state index is -1.16. The second-order valence-corrected chi connectivity index (χ2v) is 7.62. The lowest BCUT2D eigenvalue weighted by atomic mass is 9.89. The first-order chi connectivity index (χ1) is 14.7. The van der Waals surface area contributed by atoms with Crippen LogP contribution in [0.15, 0.2) is 42.5 Å². The molecule has 0 aliphatic carbocycles. The van der Waals surface area contributed by atoms with Gasteiger partial charge in [0.1, 0.15) is 18.2 Å². The van der Waals surface area contributed by atoms with E-state index in [-0.39, 0.29) is 31.4 Å². The van der Waals surface area contributed by atoms with E-state index in [2.05, 4.69) is 0 Å². The molecule has 2 aromatic carbocycles. The summed E-state index contributed by atoms with van der Waals surface area (Å²) < 4.78 is 19.1. The molecule has 31 heavy (non-hydrogen) atoms. The van der Waals surface area contributed by atoms with Crippen molar-refractivity contribution in [2.45, 2.75) is 44.8 Å². The van der Waals surface area contributed by atoms with Crippen LogP contribution in [0.1, 0.15) is 43.7 Å². The zero-order valence-electron chi connectivity index (χ0n) is 17.7. The molecule has 0 saturated carbocycles. The molecule has 0 aromatic heterocycles. The van der Waals surface area contributed by atoms with Crippen LogP contribution in [-0.2, 0) is 4.79 Å². The summed E-state index contributed by atoms with van der Waals surface area (Å²) in [6, 6.07) is 9.66. The molecule has 2 atom stereocenters. The van der Waals surface area contributed by atoms with Crippen molar-refractivity contribution in [2.75, 3.05) is 13.2 Å². The molecule has 2 rings (SSSR count). The maximum atomic E-state index is 13.5. The van der Waals surface area contributed by atoms with Crippen molar-refractivity contribution < 1.29 is 34.3 Å². The molecule has 2 unspecified atom stereocenters. The lowest BCUT2D eigenvalue weighted by Crippen LogP contribution is -2.19. The van der Waals surface area contributed by atoms with E-state index in [1.54, 1.807) is 24.3 Å². The molecule has 6 nitrogen and oxygen atoms in total. The Bertz CT molecular complexity index is 892. The van der Waals surface area contributed by atoms with E-state index in [9.17, 15) is 19.4 Å². The highest BCUT2D eigenvalue weighted by atomic mass is 19.1. The van der Waals surface area contributed by atoms with Gasteiger partial charge in [0.25, 0.3) is 0 Å². The normalized spacial score (nSPS) is 13.5. The van der Waals surface area contributed by atoms with Crippen LogP contribution in [0.3, 0.4) is 0 Å². The fourth-order valence-corrected chi connectivity index (χ4v) is 3.28. The molecule has 0 spiro atoms. The van der Waals surface area contributed by atoms with Crippen molar-refractivity contribution in [3.8, 4) is 16.9 Å². The van der Waals surface area contributed by atoms with Gasteiger partial charge in [-0.15, -0.1) is 0 Å². The summed E-state index contributed by atoms with van der Waals surface area (Å²) in [5, 5.41) is 37.9. The number of carboxylic acids is 1. The van der Waals surface area contributed by atoms with Gasteiger partial charge in [-0.2, -0.15) is 0 Å². The second-order valence-electron chi connectivity index (χ2n) is 7.62. The average molecular weight is 432 g/mol. The van der Waals surface area contributed by atoms with E-state index in [1.807, 2.05) is 19.9 Å². The van der Waals surface area contributed by atoms with Gasteiger partial charge in [0.15, 0.2) is 0 Å². The molecular weight excluding hydrogens is 403 g/mol. The number of aliphatic hydroxyl groups excluding tert-OH is 3. The summed E-state index contributed by atoms with van der Waals surface area (Å²) in [6.45, 7) is 4.01. The zero-order valence-corrected chi connectivity index (χ0v) is 17.7. The number of aliphatic hydroxyl groups is 3. The highest BCUT2D eigenvalue weighted by Gasteiger charge is 2.16. The predicted octanol–water partition coefficient (Wildman–Crippen LogP) is 3.59. The molecule has 2 aromatic rings. The van der Waals surface area contributed by atoms with Crippen LogP contribution in [0.4, 0.5) is 4.39 Å². The SMILES string of the molecule is CC(C)c1cc(OCCO)cc(-c2ccc(F)cc2)c1/C=C/C(O)CC(O)CC(=O)O. The standard InChI is InChI=1S/C24H29FO6/c1-15(2)22-13-20(31-10-9-26)14-23(16-3-5-17(25)6-4-16)21(22)8-7-18(27)11-19(28)12-24(29)30/h3-8,13-15,18-19,26-28H,9-12H2,1-2H3,(H,29,30)/b8-7+. The molecule has 0 amide bonds. The van der Waals surface area contributed by atoms with Gasteiger partial charge in [0.2, 0.25) is 0 Å². The third-order valence-electron chi connectivity index (χ3n) is 4.73. The first-order valence-corrected chi connectivity index (χ1v) is 10.1. The number of rotatable bonds is 11. The molecule has 0 aliphatic heterocycles. The van der Waals surface area contributed by atoms with Crippen molar-refractivity contribution in [3.05, 3.63) is 59.4 Å². The number of halogens is 1. The Morgan fingerprint density at radius 3 is 2.42 bits per heavy atom. The highest BCUT2D eigenvalue weighted by molar-refractivity contribution is 5.79. The van der Waals surface area contributed by atoms with Gasteiger partial charge >= 0.3 is 5.97 Å². The van der Waals surface area contributed by atoms with Crippen LogP contribution in [0.2, 0.25) is 0 Å². The van der Waals surface area contributed by atoms with Crippen molar-refractivity contribution in [3.63, 3.8) is 0 Å². The van der Waals surface area contributed by atoms with Gasteiger partial charge < -0.3 is 25.2 Å². The van der Waals surface area contributed by atoms with E-state index in [0.29, 0.717) is 5.75 Å². The third-order valence-corrected chi connectivity index (χ3v) is 4.73. The Hall–Kier alpha value is -2.74. The van der Waals surface area contributed by atoms with Gasteiger partial charge in [0.05, 0.1) is 25.2 Å². The van der Waals surface area contributed by atoms with Crippen LogP contribution < -0.4 is 4.74 Å². The smallest absolute Gasteiger partial charge is 0.305 e. The van der Waals surface area contributed by atoms with E-state index in [4.69, 9.17) is 14.9 Å². The number of aliphatic carboxylic acids is 1. The van der Waals surface area contributed by atoms with Crippen LogP contribution in [0.5, 0.6) is 5.75 Å².